The van der Waals surface area contributed by atoms with Crippen LogP contribution < -0.4 is 5.73 Å². The highest BCUT2D eigenvalue weighted by atomic mass is 79.9. The third-order valence-corrected chi connectivity index (χ3v) is 5.32. The topological polar surface area (TPSA) is 47.1 Å². The van der Waals surface area contributed by atoms with Crippen LogP contribution in [0.25, 0.3) is 0 Å². The molecule has 3 atom stereocenters. The van der Waals surface area contributed by atoms with Gasteiger partial charge in [0.15, 0.2) is 0 Å². The maximum absolute atomic E-state index is 6.68. The molecule has 0 saturated heterocycles. The van der Waals surface area contributed by atoms with Crippen LogP contribution in [0.3, 0.4) is 0 Å². The molecule has 4 nitrogen and oxygen atoms in total. The molecule has 1 aliphatic carbocycles. The zero-order chi connectivity index (χ0) is 14.2. The quantitative estimate of drug-likeness (QED) is 0.927. The van der Waals surface area contributed by atoms with Crippen LogP contribution in [-0.4, -0.2) is 34.3 Å². The summed E-state index contributed by atoms with van der Waals surface area (Å²) in [4.78, 5) is 2.33. The van der Waals surface area contributed by atoms with Crippen LogP contribution >= 0.6 is 15.9 Å². The molecule has 3 unspecified atom stereocenters. The Balaban J connectivity index is 2.39. The summed E-state index contributed by atoms with van der Waals surface area (Å²) in [5.41, 5.74) is 7.82. The number of halogens is 1. The summed E-state index contributed by atoms with van der Waals surface area (Å²) in [6.45, 7) is 2.34. The molecule has 1 aromatic rings. The monoisotopic (exact) mass is 328 g/mol. The first kappa shape index (κ1) is 15.0. The maximum atomic E-state index is 6.68. The maximum Gasteiger partial charge on any atom is 0.0709 e. The summed E-state index contributed by atoms with van der Waals surface area (Å²) in [7, 11) is 6.28. The van der Waals surface area contributed by atoms with Crippen molar-refractivity contribution in [1.82, 2.24) is 14.7 Å². The van der Waals surface area contributed by atoms with Crippen LogP contribution in [-0.2, 0) is 7.05 Å². The number of nitrogens with zero attached hydrogens (tertiary/aromatic N) is 3. The molecular weight excluding hydrogens is 304 g/mol. The Morgan fingerprint density at radius 1 is 1.58 bits per heavy atom. The smallest absolute Gasteiger partial charge is 0.0709 e. The van der Waals surface area contributed by atoms with Crippen LogP contribution in [0.15, 0.2) is 10.7 Å². The van der Waals surface area contributed by atoms with E-state index in [-0.39, 0.29) is 11.6 Å². The lowest BCUT2D eigenvalue weighted by Gasteiger charge is -2.49. The van der Waals surface area contributed by atoms with Crippen molar-refractivity contribution in [2.45, 2.75) is 44.2 Å². The van der Waals surface area contributed by atoms with Gasteiger partial charge in [-0.3, -0.25) is 4.68 Å². The Bertz CT molecular complexity index is 423. The summed E-state index contributed by atoms with van der Waals surface area (Å²) < 4.78 is 2.92. The van der Waals surface area contributed by atoms with Gasteiger partial charge in [0, 0.05) is 12.6 Å². The Kier molecular flexibility index (Phi) is 4.38. The summed E-state index contributed by atoms with van der Waals surface area (Å²) in [5.74, 6) is 0.731. The summed E-state index contributed by atoms with van der Waals surface area (Å²) in [6.07, 6.45) is 6.71. The normalized spacial score (nSPS) is 29.7. The molecule has 0 radical (unpaired) electrons. The van der Waals surface area contributed by atoms with Gasteiger partial charge in [-0.15, -0.1) is 0 Å². The number of aryl methyl sites for hydroxylation is 1. The second-order valence-corrected chi connectivity index (χ2v) is 7.03. The lowest BCUT2D eigenvalue weighted by molar-refractivity contribution is 0.0473. The third-order valence-electron chi connectivity index (χ3n) is 4.71. The van der Waals surface area contributed by atoms with E-state index in [9.17, 15) is 0 Å². The van der Waals surface area contributed by atoms with Gasteiger partial charge in [-0.05, 0) is 48.8 Å². The van der Waals surface area contributed by atoms with E-state index in [2.05, 4.69) is 46.9 Å². The van der Waals surface area contributed by atoms with Gasteiger partial charge >= 0.3 is 0 Å². The van der Waals surface area contributed by atoms with E-state index in [1.165, 1.54) is 12.8 Å². The number of hydrogen-bond acceptors (Lipinski definition) is 3. The van der Waals surface area contributed by atoms with E-state index in [1.54, 1.807) is 0 Å². The Morgan fingerprint density at radius 2 is 2.26 bits per heavy atom. The molecule has 5 heteroatoms. The van der Waals surface area contributed by atoms with Crippen molar-refractivity contribution >= 4 is 15.9 Å². The minimum absolute atomic E-state index is 0.0212. The van der Waals surface area contributed by atoms with Crippen LogP contribution in [0.2, 0.25) is 0 Å². The minimum atomic E-state index is -0.0212. The van der Waals surface area contributed by atoms with E-state index in [0.717, 1.165) is 28.9 Å². The summed E-state index contributed by atoms with van der Waals surface area (Å²) in [5, 5.41) is 4.31. The second kappa shape index (κ2) is 5.54. The van der Waals surface area contributed by atoms with Crippen molar-refractivity contribution in [3.63, 3.8) is 0 Å². The van der Waals surface area contributed by atoms with Gasteiger partial charge in [0.25, 0.3) is 0 Å². The van der Waals surface area contributed by atoms with E-state index in [0.29, 0.717) is 0 Å². The van der Waals surface area contributed by atoms with E-state index < -0.39 is 0 Å². The van der Waals surface area contributed by atoms with Crippen molar-refractivity contribution in [2.75, 3.05) is 14.1 Å². The fourth-order valence-corrected chi connectivity index (χ4v) is 4.15. The number of likely N-dealkylation sites (N-methyl/N-ethyl adjacent to an activating group) is 1. The highest BCUT2D eigenvalue weighted by Gasteiger charge is 2.44. The molecule has 0 spiro atoms. The van der Waals surface area contributed by atoms with Crippen molar-refractivity contribution in [2.24, 2.45) is 18.7 Å². The van der Waals surface area contributed by atoms with Crippen molar-refractivity contribution in [3.05, 3.63) is 16.4 Å². The zero-order valence-electron chi connectivity index (χ0n) is 12.4. The second-order valence-electron chi connectivity index (χ2n) is 6.18. The average molecular weight is 329 g/mol. The van der Waals surface area contributed by atoms with E-state index in [4.69, 9.17) is 5.73 Å². The van der Waals surface area contributed by atoms with Crippen molar-refractivity contribution in [3.8, 4) is 0 Å². The highest BCUT2D eigenvalue weighted by Crippen LogP contribution is 2.44. The first-order chi connectivity index (χ1) is 8.88. The predicted octanol–water partition coefficient (Wildman–Crippen LogP) is 2.69. The van der Waals surface area contributed by atoms with Gasteiger partial charge in [0.05, 0.1) is 22.4 Å². The molecule has 0 bridgehead atoms. The molecule has 1 saturated carbocycles. The Hall–Kier alpha value is -0.390. The molecule has 1 aromatic heterocycles. The standard InChI is InChI=1S/C14H25BrN4/c1-10-6-5-7-14(8-10,18(2)3)13(16)12-11(15)9-17-19(12)4/h9-10,13H,5-8,16H2,1-4H3. The SMILES string of the molecule is CC1CCCC(C(N)c2c(Br)cnn2C)(N(C)C)C1. The average Bonchev–Trinajstić information content (AvgIpc) is 2.67. The van der Waals surface area contributed by atoms with Gasteiger partial charge in [-0.1, -0.05) is 19.8 Å². The van der Waals surface area contributed by atoms with Crippen LogP contribution in [0.1, 0.15) is 44.3 Å². The summed E-state index contributed by atoms with van der Waals surface area (Å²) >= 11 is 3.59. The Morgan fingerprint density at radius 3 is 2.74 bits per heavy atom. The minimum Gasteiger partial charge on any atom is -0.321 e. The highest BCUT2D eigenvalue weighted by molar-refractivity contribution is 9.10. The number of nitrogens with two attached hydrogens (primary N) is 1. The number of rotatable bonds is 3. The van der Waals surface area contributed by atoms with Crippen LogP contribution in [0.4, 0.5) is 0 Å². The molecule has 19 heavy (non-hydrogen) atoms. The molecule has 1 heterocycles. The lowest BCUT2D eigenvalue weighted by Crippen LogP contribution is -2.55. The molecule has 0 aromatic carbocycles. The zero-order valence-corrected chi connectivity index (χ0v) is 13.9. The molecule has 1 fully saturated rings. The fourth-order valence-electron chi connectivity index (χ4n) is 3.56. The molecule has 0 amide bonds. The molecular formula is C14H25BrN4. The van der Waals surface area contributed by atoms with Gasteiger partial charge in [-0.25, -0.2) is 0 Å². The molecule has 108 valence electrons. The van der Waals surface area contributed by atoms with Crippen LogP contribution in [0, 0.1) is 5.92 Å². The van der Waals surface area contributed by atoms with Crippen molar-refractivity contribution in [1.29, 1.82) is 0 Å². The van der Waals surface area contributed by atoms with E-state index in [1.807, 2.05) is 17.9 Å². The fraction of sp³-hybridized carbons (Fsp3) is 0.786. The van der Waals surface area contributed by atoms with Gasteiger partial charge in [0.1, 0.15) is 0 Å². The number of hydrogen-bond donors (Lipinski definition) is 1. The largest absolute Gasteiger partial charge is 0.321 e. The van der Waals surface area contributed by atoms with Gasteiger partial charge in [-0.2, -0.15) is 5.10 Å². The first-order valence-electron chi connectivity index (χ1n) is 6.99. The molecule has 2 rings (SSSR count). The first-order valence-corrected chi connectivity index (χ1v) is 7.78. The summed E-state index contributed by atoms with van der Waals surface area (Å²) in [6, 6.07) is -0.0212. The molecule has 2 N–H and O–H groups in total. The number of aromatic nitrogens is 2. The third kappa shape index (κ3) is 2.60. The van der Waals surface area contributed by atoms with Crippen molar-refractivity contribution < 1.29 is 0 Å². The van der Waals surface area contributed by atoms with E-state index >= 15 is 0 Å². The molecule has 0 aliphatic heterocycles. The molecule has 1 aliphatic rings. The van der Waals surface area contributed by atoms with Crippen LogP contribution in [0.5, 0.6) is 0 Å². The Labute approximate surface area is 124 Å². The lowest BCUT2D eigenvalue weighted by atomic mass is 9.70. The van der Waals surface area contributed by atoms with Gasteiger partial charge < -0.3 is 10.6 Å². The predicted molar refractivity (Wildman–Crippen MR) is 81.9 cm³/mol. The van der Waals surface area contributed by atoms with Gasteiger partial charge in [0.2, 0.25) is 0 Å².